The molecule has 5 rings (SSSR count). The van der Waals surface area contributed by atoms with E-state index in [1.807, 2.05) is 12.1 Å². The molecule has 4 aromatic rings. The second-order valence-electron chi connectivity index (χ2n) is 12.4. The van der Waals surface area contributed by atoms with Crippen LogP contribution in [0.3, 0.4) is 0 Å². The van der Waals surface area contributed by atoms with Gasteiger partial charge in [0.2, 0.25) is 0 Å². The summed E-state index contributed by atoms with van der Waals surface area (Å²) in [5, 5.41) is 5.88. The van der Waals surface area contributed by atoms with Crippen molar-refractivity contribution in [2.45, 2.75) is 91.3 Å². The Morgan fingerprint density at radius 3 is 2.32 bits per heavy atom. The van der Waals surface area contributed by atoms with Crippen LogP contribution in [0.1, 0.15) is 72.6 Å². The number of carbonyl (C=O) groups excluding carboxylic acids is 1. The van der Waals surface area contributed by atoms with Gasteiger partial charge in [0.15, 0.2) is 11.5 Å². The zero-order valence-corrected chi connectivity index (χ0v) is 28.7. The highest BCUT2D eigenvalue weighted by molar-refractivity contribution is 5.90. The number of aromatic nitrogens is 2. The number of piperidine rings is 1. The molecule has 0 radical (unpaired) electrons. The Balaban J connectivity index is 1.28. The molecular weight excluding hydrogens is 590 g/mol. The molecule has 2 amide bonds. The number of aryl methyl sites for hydroxylation is 1. The first kappa shape index (κ1) is 34.1. The standard InChI is InChI=1S/C38H51N5O4/c1-6-10-22-42-23-19-31(20-24-42)46-30-14-11-27(12-15-30)37-41-33-26-32(16-17-34(33)43(37)21-7-2)47-35-18-13-29(25-36(35)45-5)40-38(44)39-28(8-3)9-4/h11-18,25-26,28,31H,6-10,19-24H2,1-5H3,(H2,39,40,44). The minimum absolute atomic E-state index is 0.137. The smallest absolute Gasteiger partial charge is 0.319 e. The number of hydrogen-bond acceptors (Lipinski definition) is 6. The number of hydrogen-bond donors (Lipinski definition) is 2. The fourth-order valence-electron chi connectivity index (χ4n) is 6.15. The average Bonchev–Trinajstić information content (AvgIpc) is 3.45. The van der Waals surface area contributed by atoms with Crippen LogP contribution in [0, 0.1) is 0 Å². The molecule has 1 fully saturated rings. The van der Waals surface area contributed by atoms with Crippen molar-refractivity contribution < 1.29 is 19.0 Å². The summed E-state index contributed by atoms with van der Waals surface area (Å²) in [7, 11) is 1.59. The molecule has 9 heteroatoms. The summed E-state index contributed by atoms with van der Waals surface area (Å²) in [6, 6.07) is 19.6. The maximum atomic E-state index is 12.4. The predicted octanol–water partition coefficient (Wildman–Crippen LogP) is 8.87. The first-order chi connectivity index (χ1) is 22.9. The third-order valence-electron chi connectivity index (χ3n) is 8.91. The quantitative estimate of drug-likeness (QED) is 0.135. The second kappa shape index (κ2) is 16.5. The summed E-state index contributed by atoms with van der Waals surface area (Å²) >= 11 is 0. The molecule has 1 aliphatic rings. The van der Waals surface area contributed by atoms with E-state index in [2.05, 4.69) is 78.1 Å². The summed E-state index contributed by atoms with van der Waals surface area (Å²) in [6.45, 7) is 12.8. The number of likely N-dealkylation sites (tertiary alicyclic amines) is 1. The third-order valence-corrected chi connectivity index (χ3v) is 8.91. The summed E-state index contributed by atoms with van der Waals surface area (Å²) in [4.78, 5) is 20.1. The number of rotatable bonds is 15. The van der Waals surface area contributed by atoms with Crippen LogP contribution in [0.15, 0.2) is 60.7 Å². The van der Waals surface area contributed by atoms with Crippen LogP contribution in [-0.2, 0) is 6.54 Å². The van der Waals surface area contributed by atoms with Crippen molar-refractivity contribution in [2.24, 2.45) is 0 Å². The molecule has 1 aliphatic heterocycles. The number of fused-ring (bicyclic) bond motifs is 1. The van der Waals surface area contributed by atoms with Crippen LogP contribution < -0.4 is 24.8 Å². The van der Waals surface area contributed by atoms with Crippen molar-refractivity contribution in [3.63, 3.8) is 0 Å². The van der Waals surface area contributed by atoms with Crippen LogP contribution in [0.2, 0.25) is 0 Å². The number of ether oxygens (including phenoxy) is 3. The maximum absolute atomic E-state index is 12.4. The normalized spacial score (nSPS) is 14.0. The molecule has 47 heavy (non-hydrogen) atoms. The average molecular weight is 642 g/mol. The Labute approximate surface area is 279 Å². The van der Waals surface area contributed by atoms with Crippen molar-refractivity contribution >= 4 is 22.8 Å². The fraction of sp³-hybridized carbons (Fsp3) is 0.474. The lowest BCUT2D eigenvalue weighted by molar-refractivity contribution is 0.0998. The summed E-state index contributed by atoms with van der Waals surface area (Å²) in [5.41, 5.74) is 3.59. The molecule has 0 spiro atoms. The van der Waals surface area contributed by atoms with Gasteiger partial charge in [-0.1, -0.05) is 34.1 Å². The van der Waals surface area contributed by atoms with E-state index < -0.39 is 0 Å². The molecule has 2 heterocycles. The Morgan fingerprint density at radius 1 is 0.894 bits per heavy atom. The molecule has 0 saturated carbocycles. The zero-order chi connectivity index (χ0) is 33.2. The van der Waals surface area contributed by atoms with Crippen LogP contribution in [0.5, 0.6) is 23.0 Å². The predicted molar refractivity (Wildman–Crippen MR) is 190 cm³/mol. The van der Waals surface area contributed by atoms with Gasteiger partial charge in [-0.15, -0.1) is 0 Å². The minimum Gasteiger partial charge on any atom is -0.493 e. The van der Waals surface area contributed by atoms with Gasteiger partial charge in [0, 0.05) is 49.1 Å². The SMILES string of the molecule is CCCCN1CCC(Oc2ccc(-c3nc4cc(Oc5ccc(NC(=O)NC(CC)CC)cc5OC)ccc4n3CCC)cc2)CC1. The van der Waals surface area contributed by atoms with Gasteiger partial charge in [0.1, 0.15) is 23.4 Å². The van der Waals surface area contributed by atoms with E-state index in [1.165, 1.54) is 19.4 Å². The van der Waals surface area contributed by atoms with E-state index in [1.54, 1.807) is 25.3 Å². The van der Waals surface area contributed by atoms with E-state index in [4.69, 9.17) is 19.2 Å². The van der Waals surface area contributed by atoms with Crippen molar-refractivity contribution in [1.82, 2.24) is 19.8 Å². The largest absolute Gasteiger partial charge is 0.493 e. The van der Waals surface area contributed by atoms with Gasteiger partial charge in [-0.25, -0.2) is 9.78 Å². The zero-order valence-electron chi connectivity index (χ0n) is 28.7. The molecule has 0 atom stereocenters. The van der Waals surface area contributed by atoms with E-state index in [-0.39, 0.29) is 18.2 Å². The number of methoxy groups -OCH3 is 1. The van der Waals surface area contributed by atoms with Crippen molar-refractivity contribution in [2.75, 3.05) is 32.1 Å². The number of urea groups is 1. The monoisotopic (exact) mass is 641 g/mol. The lowest BCUT2D eigenvalue weighted by Crippen LogP contribution is -2.38. The van der Waals surface area contributed by atoms with E-state index >= 15 is 0 Å². The highest BCUT2D eigenvalue weighted by atomic mass is 16.5. The number of carbonyl (C=O) groups is 1. The van der Waals surface area contributed by atoms with Crippen LogP contribution in [0.25, 0.3) is 22.4 Å². The Bertz CT molecular complexity index is 1590. The number of benzene rings is 3. The molecule has 2 N–H and O–H groups in total. The van der Waals surface area contributed by atoms with E-state index in [0.717, 1.165) is 79.9 Å². The van der Waals surface area contributed by atoms with Crippen molar-refractivity contribution in [3.05, 3.63) is 60.7 Å². The molecule has 9 nitrogen and oxygen atoms in total. The molecule has 1 aromatic heterocycles. The first-order valence-electron chi connectivity index (χ1n) is 17.4. The Hall–Kier alpha value is -4.24. The maximum Gasteiger partial charge on any atom is 0.319 e. The van der Waals surface area contributed by atoms with E-state index in [9.17, 15) is 4.79 Å². The Kier molecular flexibility index (Phi) is 12.0. The van der Waals surface area contributed by atoms with Gasteiger partial charge >= 0.3 is 6.03 Å². The highest BCUT2D eigenvalue weighted by Gasteiger charge is 2.21. The topological polar surface area (TPSA) is 89.9 Å². The van der Waals surface area contributed by atoms with Gasteiger partial charge in [0.05, 0.1) is 18.1 Å². The van der Waals surface area contributed by atoms with Gasteiger partial charge in [-0.05, 0) is 93.6 Å². The number of imidazole rings is 1. The second-order valence-corrected chi connectivity index (χ2v) is 12.4. The Morgan fingerprint density at radius 2 is 1.64 bits per heavy atom. The van der Waals surface area contributed by atoms with Crippen molar-refractivity contribution in [3.8, 4) is 34.4 Å². The first-order valence-corrected chi connectivity index (χ1v) is 17.4. The number of unbranched alkanes of at least 4 members (excludes halogenated alkanes) is 1. The highest BCUT2D eigenvalue weighted by Crippen LogP contribution is 2.36. The molecule has 3 aromatic carbocycles. The molecule has 0 aliphatic carbocycles. The van der Waals surface area contributed by atoms with Gasteiger partial charge in [-0.2, -0.15) is 0 Å². The molecule has 1 saturated heterocycles. The lowest BCUT2D eigenvalue weighted by atomic mass is 10.1. The third kappa shape index (κ3) is 8.77. The summed E-state index contributed by atoms with van der Waals surface area (Å²) in [6.07, 6.45) is 7.68. The van der Waals surface area contributed by atoms with E-state index in [0.29, 0.717) is 22.9 Å². The lowest BCUT2D eigenvalue weighted by Gasteiger charge is -2.32. The fourth-order valence-corrected chi connectivity index (χ4v) is 6.15. The summed E-state index contributed by atoms with van der Waals surface area (Å²) < 4.78 is 20.5. The van der Waals surface area contributed by atoms with Crippen LogP contribution >= 0.6 is 0 Å². The van der Waals surface area contributed by atoms with Crippen molar-refractivity contribution in [1.29, 1.82) is 0 Å². The summed E-state index contributed by atoms with van der Waals surface area (Å²) in [5.74, 6) is 3.56. The minimum atomic E-state index is -0.237. The van der Waals surface area contributed by atoms with Gasteiger partial charge < -0.3 is 34.3 Å². The molecule has 0 bridgehead atoms. The van der Waals surface area contributed by atoms with Crippen LogP contribution in [0.4, 0.5) is 10.5 Å². The number of anilines is 1. The molecule has 252 valence electrons. The molecule has 0 unspecified atom stereocenters. The van der Waals surface area contributed by atoms with Gasteiger partial charge in [-0.3, -0.25) is 0 Å². The number of nitrogens with one attached hydrogen (secondary N) is 2. The molecular formula is C38H51N5O4. The number of amides is 2. The number of nitrogens with zero attached hydrogens (tertiary/aromatic N) is 3. The van der Waals surface area contributed by atoms with Crippen LogP contribution in [-0.4, -0.2) is 59.4 Å². The van der Waals surface area contributed by atoms with Gasteiger partial charge in [0.25, 0.3) is 0 Å².